The van der Waals surface area contributed by atoms with Crippen LogP contribution in [0.5, 0.6) is 5.75 Å². The molecule has 2 nitrogen and oxygen atoms in total. The van der Waals surface area contributed by atoms with Crippen LogP contribution in [0.4, 0.5) is 0 Å². The van der Waals surface area contributed by atoms with Crippen LogP contribution in [0.2, 0.25) is 0 Å². The minimum absolute atomic E-state index is 0.679. The largest absolute Gasteiger partial charge is 0.493 e. The fourth-order valence-electron chi connectivity index (χ4n) is 2.05. The molecule has 0 unspecified atom stereocenters. The van der Waals surface area contributed by atoms with E-state index >= 15 is 0 Å². The lowest BCUT2D eigenvalue weighted by atomic mass is 10.1. The summed E-state index contributed by atoms with van der Waals surface area (Å²) in [7, 11) is 0. The third kappa shape index (κ3) is 2.54. The first-order valence-electron chi connectivity index (χ1n) is 6.41. The highest BCUT2D eigenvalue weighted by Gasteiger charge is 2.16. The summed E-state index contributed by atoms with van der Waals surface area (Å²) in [6, 6.07) is 18.7. The first-order chi connectivity index (χ1) is 8.92. The summed E-state index contributed by atoms with van der Waals surface area (Å²) in [6.45, 7) is 2.99. The zero-order chi connectivity index (χ0) is 12.2. The molecule has 3 rings (SSSR count). The van der Waals surface area contributed by atoms with Gasteiger partial charge in [-0.3, -0.25) is 0 Å². The minimum atomic E-state index is 0.679. The molecule has 0 aromatic heterocycles. The monoisotopic (exact) mass is 239 g/mol. The van der Waals surface area contributed by atoms with Gasteiger partial charge < -0.3 is 10.1 Å². The number of nitrogens with one attached hydrogen (secondary N) is 1. The SMILES string of the molecule is c1ccc(-c2ccc(OCC3CNC3)cc2)cc1. The van der Waals surface area contributed by atoms with Crippen molar-refractivity contribution in [2.75, 3.05) is 19.7 Å². The van der Waals surface area contributed by atoms with Crippen molar-refractivity contribution in [2.45, 2.75) is 0 Å². The highest BCUT2D eigenvalue weighted by molar-refractivity contribution is 5.63. The second-order valence-corrected chi connectivity index (χ2v) is 4.73. The van der Waals surface area contributed by atoms with Gasteiger partial charge >= 0.3 is 0 Å². The van der Waals surface area contributed by atoms with Gasteiger partial charge in [-0.25, -0.2) is 0 Å². The van der Waals surface area contributed by atoms with E-state index in [-0.39, 0.29) is 0 Å². The fraction of sp³-hybridized carbons (Fsp3) is 0.250. The van der Waals surface area contributed by atoms with E-state index in [4.69, 9.17) is 4.74 Å². The Balaban J connectivity index is 1.65. The van der Waals surface area contributed by atoms with Gasteiger partial charge in [0.1, 0.15) is 5.75 Å². The zero-order valence-corrected chi connectivity index (χ0v) is 10.3. The van der Waals surface area contributed by atoms with E-state index in [9.17, 15) is 0 Å². The predicted octanol–water partition coefficient (Wildman–Crippen LogP) is 2.95. The molecule has 0 spiro atoms. The van der Waals surface area contributed by atoms with Crippen molar-refractivity contribution >= 4 is 0 Å². The molecular weight excluding hydrogens is 222 g/mol. The molecule has 1 aliphatic rings. The lowest BCUT2D eigenvalue weighted by Crippen LogP contribution is -2.45. The third-order valence-corrected chi connectivity index (χ3v) is 3.31. The molecule has 0 aliphatic carbocycles. The lowest BCUT2D eigenvalue weighted by molar-refractivity contribution is 0.199. The van der Waals surface area contributed by atoms with E-state index in [1.165, 1.54) is 11.1 Å². The molecule has 0 radical (unpaired) electrons. The van der Waals surface area contributed by atoms with Crippen LogP contribution in [0.3, 0.4) is 0 Å². The van der Waals surface area contributed by atoms with E-state index in [1.807, 2.05) is 6.07 Å². The second-order valence-electron chi connectivity index (χ2n) is 4.73. The second kappa shape index (κ2) is 5.23. The van der Waals surface area contributed by atoms with Crippen LogP contribution in [0.15, 0.2) is 54.6 Å². The summed E-state index contributed by atoms with van der Waals surface area (Å²) in [5.74, 6) is 1.64. The first-order valence-corrected chi connectivity index (χ1v) is 6.41. The van der Waals surface area contributed by atoms with Crippen molar-refractivity contribution in [3.05, 3.63) is 54.6 Å². The molecule has 1 N–H and O–H groups in total. The molecule has 1 heterocycles. The maximum atomic E-state index is 5.76. The Morgan fingerprint density at radius 1 is 0.889 bits per heavy atom. The van der Waals surface area contributed by atoms with Crippen LogP contribution >= 0.6 is 0 Å². The quantitative estimate of drug-likeness (QED) is 0.885. The molecule has 0 amide bonds. The smallest absolute Gasteiger partial charge is 0.119 e. The molecule has 1 aliphatic heterocycles. The van der Waals surface area contributed by atoms with E-state index < -0.39 is 0 Å². The Morgan fingerprint density at radius 2 is 1.56 bits per heavy atom. The van der Waals surface area contributed by atoms with Crippen molar-refractivity contribution < 1.29 is 4.74 Å². The van der Waals surface area contributed by atoms with Crippen molar-refractivity contribution in [3.63, 3.8) is 0 Å². The Kier molecular flexibility index (Phi) is 3.29. The van der Waals surface area contributed by atoms with E-state index in [2.05, 4.69) is 53.8 Å². The van der Waals surface area contributed by atoms with Crippen molar-refractivity contribution in [1.82, 2.24) is 5.32 Å². The Labute approximate surface area is 108 Å². The fourth-order valence-corrected chi connectivity index (χ4v) is 2.05. The summed E-state index contributed by atoms with van der Waals surface area (Å²) >= 11 is 0. The zero-order valence-electron chi connectivity index (χ0n) is 10.3. The van der Waals surface area contributed by atoms with Crippen LogP contribution in [0, 0.1) is 5.92 Å². The highest BCUT2D eigenvalue weighted by atomic mass is 16.5. The molecule has 0 saturated carbocycles. The molecular formula is C16H17NO. The number of rotatable bonds is 4. The van der Waals surface area contributed by atoms with Crippen LogP contribution in [0.1, 0.15) is 0 Å². The van der Waals surface area contributed by atoms with Crippen molar-refractivity contribution in [2.24, 2.45) is 5.92 Å². The van der Waals surface area contributed by atoms with Crippen molar-refractivity contribution in [3.8, 4) is 16.9 Å². The van der Waals surface area contributed by atoms with Gasteiger partial charge in [0.05, 0.1) is 6.61 Å². The Hall–Kier alpha value is -1.80. The molecule has 0 bridgehead atoms. The molecule has 92 valence electrons. The van der Waals surface area contributed by atoms with Gasteiger partial charge in [-0.05, 0) is 23.3 Å². The molecule has 18 heavy (non-hydrogen) atoms. The third-order valence-electron chi connectivity index (χ3n) is 3.31. The maximum absolute atomic E-state index is 5.76. The first kappa shape index (κ1) is 11.3. The van der Waals surface area contributed by atoms with Gasteiger partial charge in [0.15, 0.2) is 0 Å². The van der Waals surface area contributed by atoms with E-state index in [0.29, 0.717) is 5.92 Å². The predicted molar refractivity (Wildman–Crippen MR) is 73.7 cm³/mol. The van der Waals surface area contributed by atoms with Crippen LogP contribution in [-0.2, 0) is 0 Å². The molecule has 2 heteroatoms. The molecule has 1 saturated heterocycles. The van der Waals surface area contributed by atoms with Gasteiger partial charge in [0, 0.05) is 19.0 Å². The maximum Gasteiger partial charge on any atom is 0.119 e. The van der Waals surface area contributed by atoms with Crippen LogP contribution in [-0.4, -0.2) is 19.7 Å². The van der Waals surface area contributed by atoms with E-state index in [1.54, 1.807) is 0 Å². The van der Waals surface area contributed by atoms with E-state index in [0.717, 1.165) is 25.4 Å². The summed E-state index contributed by atoms with van der Waals surface area (Å²) in [5, 5.41) is 3.25. The Morgan fingerprint density at radius 3 is 2.17 bits per heavy atom. The number of hydrogen-bond acceptors (Lipinski definition) is 2. The molecule has 0 atom stereocenters. The molecule has 2 aromatic rings. The number of benzene rings is 2. The van der Waals surface area contributed by atoms with Crippen molar-refractivity contribution in [1.29, 1.82) is 0 Å². The minimum Gasteiger partial charge on any atom is -0.493 e. The topological polar surface area (TPSA) is 21.3 Å². The number of hydrogen-bond donors (Lipinski definition) is 1. The lowest BCUT2D eigenvalue weighted by Gasteiger charge is -2.26. The molecule has 2 aromatic carbocycles. The van der Waals surface area contributed by atoms with Crippen LogP contribution in [0.25, 0.3) is 11.1 Å². The summed E-state index contributed by atoms with van der Waals surface area (Å²) in [6.07, 6.45) is 0. The summed E-state index contributed by atoms with van der Waals surface area (Å²) in [4.78, 5) is 0. The van der Waals surface area contributed by atoms with Crippen LogP contribution < -0.4 is 10.1 Å². The normalized spacial score (nSPS) is 15.1. The van der Waals surface area contributed by atoms with Gasteiger partial charge in [0.25, 0.3) is 0 Å². The van der Waals surface area contributed by atoms with Gasteiger partial charge in [-0.1, -0.05) is 42.5 Å². The van der Waals surface area contributed by atoms with Gasteiger partial charge in [-0.15, -0.1) is 0 Å². The standard InChI is InChI=1S/C16H17NO/c1-2-4-14(5-3-1)15-6-8-16(9-7-15)18-12-13-10-17-11-13/h1-9,13,17H,10-12H2. The number of ether oxygens (including phenoxy) is 1. The van der Waals surface area contributed by atoms with Gasteiger partial charge in [0.2, 0.25) is 0 Å². The van der Waals surface area contributed by atoms with Gasteiger partial charge in [-0.2, -0.15) is 0 Å². The highest BCUT2D eigenvalue weighted by Crippen LogP contribution is 2.22. The summed E-state index contributed by atoms with van der Waals surface area (Å²) in [5.41, 5.74) is 2.47. The average molecular weight is 239 g/mol. The average Bonchev–Trinajstić information content (AvgIpc) is 2.39. The molecule has 1 fully saturated rings. The summed E-state index contributed by atoms with van der Waals surface area (Å²) < 4.78 is 5.76. The Bertz CT molecular complexity index is 488.